The fourth-order valence-corrected chi connectivity index (χ4v) is 12.4. The van der Waals surface area contributed by atoms with E-state index in [-0.39, 0.29) is 5.92 Å². The van der Waals surface area contributed by atoms with E-state index in [4.69, 9.17) is 0 Å². The molecule has 3 aliphatic rings. The van der Waals surface area contributed by atoms with Crippen LogP contribution in [-0.4, -0.2) is 0 Å². The Morgan fingerprint density at radius 3 is 1.44 bits per heavy atom. The van der Waals surface area contributed by atoms with E-state index < -0.39 is 0 Å². The van der Waals surface area contributed by atoms with Gasteiger partial charge in [-0.2, -0.15) is 0 Å². The molecule has 5 aromatic carbocycles. The van der Waals surface area contributed by atoms with E-state index in [2.05, 4.69) is 148 Å². The molecule has 2 nitrogen and oxygen atoms in total. The average molecular weight is 757 g/mol. The molecule has 4 heterocycles. The minimum atomic E-state index is 0.165. The number of aryl methyl sites for hydroxylation is 2. The fraction of sp³-hybridized carbons (Fsp3) is 0.333. The molecule has 0 saturated heterocycles. The molecule has 7 aromatic rings. The molecule has 0 spiro atoms. The van der Waals surface area contributed by atoms with E-state index in [1.165, 1.54) is 130 Å². The highest BCUT2D eigenvalue weighted by atomic mass is 32.1. The highest BCUT2D eigenvalue weighted by molar-refractivity contribution is 7.21. The monoisotopic (exact) mass is 756 g/mol. The highest BCUT2D eigenvalue weighted by Crippen LogP contribution is 2.66. The summed E-state index contributed by atoms with van der Waals surface area (Å²) in [5.74, 6) is 1.71. The largest absolute Gasteiger partial charge is 0.308 e. The van der Waals surface area contributed by atoms with Gasteiger partial charge in [-0.1, -0.05) is 97.2 Å². The summed E-state index contributed by atoms with van der Waals surface area (Å²) < 4.78 is 2.77. The van der Waals surface area contributed by atoms with Crippen molar-refractivity contribution in [2.75, 3.05) is 9.80 Å². The Balaban J connectivity index is 1.33. The summed E-state index contributed by atoms with van der Waals surface area (Å²) in [6, 6.07) is 38.9. The number of fused-ring (bicyclic) bond motifs is 8. The molecule has 1 saturated carbocycles. The Morgan fingerprint density at radius 1 is 0.564 bits per heavy atom. The number of benzene rings is 5. The first kappa shape index (κ1) is 35.1. The highest BCUT2D eigenvalue weighted by Gasteiger charge is 2.45. The maximum absolute atomic E-state index is 2.69. The zero-order valence-corrected chi connectivity index (χ0v) is 34.8. The standard InChI is InChI=1S/C51H52N2S2/c1-7-32-14-24-44-40(26-32)48-50(54-44)47-46-42(52(48)38-20-16-34(17-21-38)30(3)4)28-37(36-12-10-9-11-13-36)29-43(46)53(39-22-18-35(19-23-39)31(5)6)49-41-27-33(8-2)15-25-45(41)55-51(47)49/h14-31,36,47H,7-13H2,1-6H3. The summed E-state index contributed by atoms with van der Waals surface area (Å²) in [5.41, 5.74) is 16.6. The average Bonchev–Trinajstić information content (AvgIpc) is 3.79. The molecule has 2 aliphatic heterocycles. The quantitative estimate of drug-likeness (QED) is 0.160. The minimum absolute atomic E-state index is 0.165. The predicted molar refractivity (Wildman–Crippen MR) is 240 cm³/mol. The number of hydrogen-bond acceptors (Lipinski definition) is 4. The first-order valence-electron chi connectivity index (χ1n) is 20.9. The van der Waals surface area contributed by atoms with Crippen LogP contribution in [0.1, 0.15) is 140 Å². The van der Waals surface area contributed by atoms with E-state index in [9.17, 15) is 0 Å². The fourth-order valence-electron chi connectivity index (χ4n) is 9.75. The predicted octanol–water partition coefficient (Wildman–Crippen LogP) is 16.3. The lowest BCUT2D eigenvalue weighted by atomic mass is 9.78. The van der Waals surface area contributed by atoms with Gasteiger partial charge >= 0.3 is 0 Å². The van der Waals surface area contributed by atoms with Crippen LogP contribution in [0.4, 0.5) is 34.1 Å². The summed E-state index contributed by atoms with van der Waals surface area (Å²) in [4.78, 5) is 8.34. The van der Waals surface area contributed by atoms with E-state index in [1.54, 1.807) is 0 Å². The summed E-state index contributed by atoms with van der Waals surface area (Å²) in [6.07, 6.45) is 8.60. The minimum Gasteiger partial charge on any atom is -0.308 e. The second-order valence-electron chi connectivity index (χ2n) is 16.9. The lowest BCUT2D eigenvalue weighted by Crippen LogP contribution is -2.28. The number of thiophene rings is 2. The van der Waals surface area contributed by atoms with Crippen molar-refractivity contribution in [3.63, 3.8) is 0 Å². The van der Waals surface area contributed by atoms with Crippen molar-refractivity contribution in [1.82, 2.24) is 0 Å². The molecule has 0 amide bonds. The third kappa shape index (κ3) is 5.61. The summed E-state index contributed by atoms with van der Waals surface area (Å²) in [7, 11) is 0. The van der Waals surface area contributed by atoms with Gasteiger partial charge in [0.2, 0.25) is 0 Å². The first-order chi connectivity index (χ1) is 26.8. The topological polar surface area (TPSA) is 6.48 Å². The number of rotatable bonds is 7. The van der Waals surface area contributed by atoms with E-state index in [0.29, 0.717) is 17.8 Å². The maximum atomic E-state index is 2.69. The van der Waals surface area contributed by atoms with E-state index >= 15 is 0 Å². The van der Waals surface area contributed by atoms with Gasteiger partial charge in [-0.05, 0) is 132 Å². The molecular weight excluding hydrogens is 705 g/mol. The van der Waals surface area contributed by atoms with Crippen LogP contribution in [0.5, 0.6) is 0 Å². The lowest BCUT2D eigenvalue weighted by Gasteiger charge is -2.44. The molecule has 0 N–H and O–H groups in total. The van der Waals surface area contributed by atoms with Gasteiger partial charge in [-0.15, -0.1) is 22.7 Å². The van der Waals surface area contributed by atoms with Crippen LogP contribution in [0.15, 0.2) is 97.1 Å². The van der Waals surface area contributed by atoms with Crippen LogP contribution in [0.25, 0.3) is 20.2 Å². The Labute approximate surface area is 335 Å². The summed E-state index contributed by atoms with van der Waals surface area (Å²) in [6.45, 7) is 13.8. The molecule has 278 valence electrons. The summed E-state index contributed by atoms with van der Waals surface area (Å²) >= 11 is 4.05. The first-order valence-corrected chi connectivity index (χ1v) is 22.5. The zero-order valence-electron chi connectivity index (χ0n) is 33.2. The molecular formula is C51H52N2S2. The smallest absolute Gasteiger partial charge is 0.0689 e. The Morgan fingerprint density at radius 2 is 1.02 bits per heavy atom. The Kier molecular flexibility index (Phi) is 8.72. The van der Waals surface area contributed by atoms with Crippen LogP contribution in [0, 0.1) is 0 Å². The molecule has 2 aromatic heterocycles. The van der Waals surface area contributed by atoms with Gasteiger partial charge in [0.05, 0.1) is 28.7 Å². The molecule has 10 rings (SSSR count). The normalized spacial score (nSPS) is 15.7. The van der Waals surface area contributed by atoms with Gasteiger partial charge in [0.1, 0.15) is 0 Å². The molecule has 1 aliphatic carbocycles. The van der Waals surface area contributed by atoms with Crippen molar-refractivity contribution in [2.24, 2.45) is 0 Å². The van der Waals surface area contributed by atoms with Crippen LogP contribution in [0.2, 0.25) is 0 Å². The molecule has 4 heteroatoms. The third-order valence-electron chi connectivity index (χ3n) is 12.9. The Bertz CT molecular complexity index is 2390. The molecule has 55 heavy (non-hydrogen) atoms. The molecule has 0 radical (unpaired) electrons. The van der Waals surface area contributed by atoms with Gasteiger partial charge in [-0.3, -0.25) is 0 Å². The van der Waals surface area contributed by atoms with Crippen molar-refractivity contribution < 1.29 is 0 Å². The van der Waals surface area contributed by atoms with Gasteiger partial charge in [0.15, 0.2) is 0 Å². The van der Waals surface area contributed by atoms with Gasteiger partial charge in [0.25, 0.3) is 0 Å². The second kappa shape index (κ2) is 13.7. The van der Waals surface area contributed by atoms with Crippen LogP contribution < -0.4 is 9.80 Å². The van der Waals surface area contributed by atoms with Crippen molar-refractivity contribution in [3.8, 4) is 0 Å². The zero-order chi connectivity index (χ0) is 37.5. The number of hydrogen-bond donors (Lipinski definition) is 0. The molecule has 0 unspecified atom stereocenters. The molecule has 1 fully saturated rings. The molecule has 0 bridgehead atoms. The van der Waals surface area contributed by atoms with Crippen molar-refractivity contribution in [2.45, 2.75) is 110 Å². The molecule has 0 atom stereocenters. The van der Waals surface area contributed by atoms with Crippen molar-refractivity contribution in [3.05, 3.63) is 140 Å². The van der Waals surface area contributed by atoms with E-state index in [0.717, 1.165) is 12.8 Å². The van der Waals surface area contributed by atoms with Gasteiger partial charge in [0, 0.05) is 46.9 Å². The second-order valence-corrected chi connectivity index (χ2v) is 19.1. The third-order valence-corrected chi connectivity index (χ3v) is 15.4. The van der Waals surface area contributed by atoms with Crippen LogP contribution >= 0.6 is 22.7 Å². The number of nitrogens with zero attached hydrogens (tertiary/aromatic N) is 2. The summed E-state index contributed by atoms with van der Waals surface area (Å²) in [5, 5.41) is 2.79. The lowest BCUT2D eigenvalue weighted by molar-refractivity contribution is 0.443. The number of anilines is 6. The van der Waals surface area contributed by atoms with Crippen molar-refractivity contribution in [1.29, 1.82) is 0 Å². The van der Waals surface area contributed by atoms with Crippen molar-refractivity contribution >= 4 is 77.0 Å². The van der Waals surface area contributed by atoms with Gasteiger partial charge < -0.3 is 9.80 Å². The van der Waals surface area contributed by atoms with Crippen LogP contribution in [-0.2, 0) is 12.8 Å². The SMILES string of the molecule is CCc1ccc2sc3c(c2c1)N(c1ccc(C(C)C)cc1)c1cc(C2CCCCC2)cc2c1C3c1sc3ccc(CC)cc3c1N2c1ccc(C(C)C)cc1. The van der Waals surface area contributed by atoms with Gasteiger partial charge in [-0.25, -0.2) is 0 Å². The van der Waals surface area contributed by atoms with Crippen LogP contribution in [0.3, 0.4) is 0 Å². The van der Waals surface area contributed by atoms with E-state index in [1.807, 2.05) is 22.7 Å². The Hall–Kier alpha value is -4.38. The maximum Gasteiger partial charge on any atom is 0.0689 e.